The van der Waals surface area contributed by atoms with Crippen molar-refractivity contribution in [1.82, 2.24) is 0 Å². The first-order valence-corrected chi connectivity index (χ1v) is 8.94. The molecule has 0 bridgehead atoms. The van der Waals surface area contributed by atoms with E-state index in [1.54, 1.807) is 0 Å². The van der Waals surface area contributed by atoms with E-state index < -0.39 is 26.1 Å². The van der Waals surface area contributed by atoms with Gasteiger partial charge in [-0.1, -0.05) is 12.8 Å². The maximum Gasteiger partial charge on any atom is 0.235 e. The summed E-state index contributed by atoms with van der Waals surface area (Å²) < 4.78 is 48.7. The number of hydrogen-bond donors (Lipinski definition) is 0. The topological polar surface area (TPSA) is 82.0 Å². The van der Waals surface area contributed by atoms with Crippen molar-refractivity contribution < 1.29 is 27.1 Å². The Kier molecular flexibility index (Phi) is 4.77. The molecule has 1 aromatic carbocycles. The normalized spacial score (nSPS) is 16.7. The van der Waals surface area contributed by atoms with Crippen LogP contribution in [0.3, 0.4) is 0 Å². The summed E-state index contributed by atoms with van der Waals surface area (Å²) in [6, 6.07) is 1.07. The molecule has 126 valence electrons. The average molecular weight is 343 g/mol. The van der Waals surface area contributed by atoms with Crippen molar-refractivity contribution >= 4 is 15.9 Å². The van der Waals surface area contributed by atoms with Crippen LogP contribution in [0.5, 0.6) is 11.5 Å². The first-order chi connectivity index (χ1) is 10.8. The molecule has 0 atom stereocenters. The highest BCUT2D eigenvalue weighted by Gasteiger charge is 2.41. The average Bonchev–Trinajstić information content (AvgIpc) is 2.94. The van der Waals surface area contributed by atoms with E-state index in [-0.39, 0.29) is 11.5 Å². The van der Waals surface area contributed by atoms with Gasteiger partial charge in [0.15, 0.2) is 21.3 Å². The van der Waals surface area contributed by atoms with Crippen LogP contribution in [0.25, 0.3) is 0 Å². The fourth-order valence-corrected chi connectivity index (χ4v) is 4.09. The molecule has 6 nitrogen and oxygen atoms in total. The number of halogens is 1. The van der Waals surface area contributed by atoms with Crippen molar-refractivity contribution in [2.75, 3.05) is 20.5 Å². The number of hydrogen-bond acceptors (Lipinski definition) is 6. The van der Waals surface area contributed by atoms with Crippen molar-refractivity contribution in [3.63, 3.8) is 0 Å². The van der Waals surface area contributed by atoms with Gasteiger partial charge in [-0.05, 0) is 18.9 Å². The van der Waals surface area contributed by atoms with Gasteiger partial charge in [-0.15, -0.1) is 0 Å². The fraction of sp³-hybridized carbons (Fsp3) is 0.533. The van der Waals surface area contributed by atoms with Gasteiger partial charge in [0.05, 0.1) is 14.2 Å². The number of aliphatic imine (C=N–C) groups is 1. The van der Waals surface area contributed by atoms with Gasteiger partial charge in [-0.3, -0.25) is 0 Å². The van der Waals surface area contributed by atoms with Crippen LogP contribution in [-0.4, -0.2) is 35.0 Å². The highest BCUT2D eigenvalue weighted by molar-refractivity contribution is 7.90. The van der Waals surface area contributed by atoms with Gasteiger partial charge in [-0.25, -0.2) is 17.6 Å². The number of isocyanates is 1. The number of ether oxygens (including phenoxy) is 2. The van der Waals surface area contributed by atoms with Gasteiger partial charge < -0.3 is 9.47 Å². The maximum atomic E-state index is 14.5. The second-order valence-corrected chi connectivity index (χ2v) is 7.47. The molecular formula is C15H18FNO5S. The molecule has 1 aromatic rings. The van der Waals surface area contributed by atoms with Crippen LogP contribution >= 0.6 is 0 Å². The number of sulfone groups is 1. The van der Waals surface area contributed by atoms with Gasteiger partial charge in [0.1, 0.15) is 16.3 Å². The van der Waals surface area contributed by atoms with E-state index in [1.165, 1.54) is 20.3 Å². The van der Waals surface area contributed by atoms with Crippen molar-refractivity contribution in [3.8, 4) is 11.5 Å². The fourth-order valence-electron chi connectivity index (χ4n) is 3.16. The number of rotatable bonds is 5. The lowest BCUT2D eigenvalue weighted by atomic mass is 9.87. The van der Waals surface area contributed by atoms with Crippen LogP contribution in [0.4, 0.5) is 4.39 Å². The molecule has 0 amide bonds. The lowest BCUT2D eigenvalue weighted by Gasteiger charge is -2.27. The predicted octanol–water partition coefficient (Wildman–Crippen LogP) is 2.35. The summed E-state index contributed by atoms with van der Waals surface area (Å²) in [4.78, 5) is 14.2. The SMILES string of the molecule is COc1c(C2(N=C=O)CCCC2)cc(F)c(S(C)(=O)=O)c1OC. The molecule has 0 N–H and O–H groups in total. The number of methoxy groups -OCH3 is 2. The minimum absolute atomic E-state index is 0.0789. The van der Waals surface area contributed by atoms with Crippen molar-refractivity contribution in [3.05, 3.63) is 17.4 Å². The molecule has 1 aliphatic rings. The Labute approximate surface area is 134 Å². The highest BCUT2D eigenvalue weighted by Crippen LogP contribution is 2.50. The maximum absolute atomic E-state index is 14.5. The minimum atomic E-state index is -3.87. The lowest BCUT2D eigenvalue weighted by molar-refractivity contribution is 0.325. The van der Waals surface area contributed by atoms with Crippen molar-refractivity contribution in [1.29, 1.82) is 0 Å². The van der Waals surface area contributed by atoms with Crippen LogP contribution in [-0.2, 0) is 20.2 Å². The molecule has 2 rings (SSSR count). The van der Waals surface area contributed by atoms with Gasteiger partial charge >= 0.3 is 0 Å². The minimum Gasteiger partial charge on any atom is -0.492 e. The van der Waals surface area contributed by atoms with Gasteiger partial charge in [-0.2, -0.15) is 4.99 Å². The molecule has 0 radical (unpaired) electrons. The lowest BCUT2D eigenvalue weighted by Crippen LogP contribution is -2.21. The van der Waals surface area contributed by atoms with Crippen molar-refractivity contribution in [2.45, 2.75) is 36.1 Å². The van der Waals surface area contributed by atoms with Crippen LogP contribution < -0.4 is 9.47 Å². The number of carbonyl (C=O) groups excluding carboxylic acids is 1. The van der Waals surface area contributed by atoms with E-state index in [9.17, 15) is 17.6 Å². The molecule has 1 aliphatic carbocycles. The Hall–Kier alpha value is -1.92. The summed E-state index contributed by atoms with van der Waals surface area (Å²) in [6.45, 7) is 0. The zero-order valence-corrected chi connectivity index (χ0v) is 14.0. The third-order valence-corrected chi connectivity index (χ3v) is 5.24. The molecule has 8 heteroatoms. The van der Waals surface area contributed by atoms with E-state index in [1.807, 2.05) is 0 Å². The van der Waals surface area contributed by atoms with Crippen LogP contribution in [0.15, 0.2) is 16.0 Å². The molecule has 0 heterocycles. The van der Waals surface area contributed by atoms with Gasteiger partial charge in [0.25, 0.3) is 0 Å². The first kappa shape index (κ1) is 17.4. The zero-order chi connectivity index (χ0) is 17.3. The molecule has 0 aromatic heterocycles. The number of benzene rings is 1. The summed E-state index contributed by atoms with van der Waals surface area (Å²) in [7, 11) is -1.30. The van der Waals surface area contributed by atoms with Gasteiger partial charge in [0, 0.05) is 11.8 Å². The highest BCUT2D eigenvalue weighted by atomic mass is 32.2. The summed E-state index contributed by atoms with van der Waals surface area (Å²) >= 11 is 0. The Morgan fingerprint density at radius 3 is 2.22 bits per heavy atom. The number of nitrogens with zero attached hydrogens (tertiary/aromatic N) is 1. The van der Waals surface area contributed by atoms with E-state index in [0.717, 1.165) is 25.2 Å². The Morgan fingerprint density at radius 1 is 1.22 bits per heavy atom. The Morgan fingerprint density at radius 2 is 1.78 bits per heavy atom. The largest absolute Gasteiger partial charge is 0.492 e. The standard InChI is InChI=1S/C15H18FNO5S/c1-21-12-10(15(17-9-18)6-4-5-7-15)8-11(16)14(13(12)22-2)23(3,19)20/h8H,4-7H2,1-3H3. The third-order valence-electron chi connectivity index (χ3n) is 4.12. The molecule has 1 saturated carbocycles. The summed E-state index contributed by atoms with van der Waals surface area (Å²) in [6.07, 6.45) is 5.11. The van der Waals surface area contributed by atoms with Gasteiger partial charge in [0.2, 0.25) is 6.08 Å². The third kappa shape index (κ3) is 2.96. The summed E-state index contributed by atoms with van der Waals surface area (Å²) in [5.74, 6) is -1.08. The van der Waals surface area contributed by atoms with E-state index in [4.69, 9.17) is 9.47 Å². The molecular weight excluding hydrogens is 325 g/mol. The second-order valence-electron chi connectivity index (χ2n) is 5.52. The molecule has 0 spiro atoms. The summed E-state index contributed by atoms with van der Waals surface area (Å²) in [5.41, 5.74) is -0.653. The smallest absolute Gasteiger partial charge is 0.235 e. The Balaban J connectivity index is 2.86. The van der Waals surface area contributed by atoms with Crippen LogP contribution in [0, 0.1) is 5.82 Å². The quantitative estimate of drug-likeness (QED) is 0.605. The van der Waals surface area contributed by atoms with Crippen molar-refractivity contribution in [2.24, 2.45) is 4.99 Å². The second kappa shape index (κ2) is 6.29. The van der Waals surface area contributed by atoms with Crippen LogP contribution in [0.1, 0.15) is 31.2 Å². The zero-order valence-electron chi connectivity index (χ0n) is 13.2. The summed E-state index contributed by atoms with van der Waals surface area (Å²) in [5, 5.41) is 0. The molecule has 23 heavy (non-hydrogen) atoms. The molecule has 0 unspecified atom stereocenters. The van der Waals surface area contributed by atoms with Crippen LogP contribution in [0.2, 0.25) is 0 Å². The van der Waals surface area contributed by atoms with E-state index >= 15 is 0 Å². The van der Waals surface area contributed by atoms with E-state index in [2.05, 4.69) is 4.99 Å². The molecule has 1 fully saturated rings. The molecule has 0 aliphatic heterocycles. The van der Waals surface area contributed by atoms with E-state index in [0.29, 0.717) is 18.4 Å². The first-order valence-electron chi connectivity index (χ1n) is 7.05. The molecule has 0 saturated heterocycles. The Bertz CT molecular complexity index is 763. The predicted molar refractivity (Wildman–Crippen MR) is 80.9 cm³/mol. The monoisotopic (exact) mass is 343 g/mol.